The minimum absolute atomic E-state index is 0.0136. The molecule has 3 heterocycles. The van der Waals surface area contributed by atoms with Crippen LogP contribution in [-0.2, 0) is 11.3 Å². The van der Waals surface area contributed by atoms with Crippen molar-refractivity contribution in [3.63, 3.8) is 0 Å². The number of pyridine rings is 1. The molecule has 0 radical (unpaired) electrons. The summed E-state index contributed by atoms with van der Waals surface area (Å²) in [6.45, 7) is 10.7. The van der Waals surface area contributed by atoms with Gasteiger partial charge in [0, 0.05) is 36.2 Å². The minimum Gasteiger partial charge on any atom is -0.377 e. The van der Waals surface area contributed by atoms with Crippen LogP contribution in [0.15, 0.2) is 23.0 Å². The molecule has 2 atom stereocenters. The third-order valence-electron chi connectivity index (χ3n) is 7.95. The molecule has 0 spiro atoms. The summed E-state index contributed by atoms with van der Waals surface area (Å²) in [7, 11) is 0. The molecule has 0 amide bonds. The fraction of sp³-hybridized carbons (Fsp3) is 0.643. The number of fused-ring (bicyclic) bond motifs is 1. The van der Waals surface area contributed by atoms with E-state index in [0.29, 0.717) is 12.6 Å². The van der Waals surface area contributed by atoms with Gasteiger partial charge in [-0.2, -0.15) is 0 Å². The zero-order valence-corrected chi connectivity index (χ0v) is 22.2. The summed E-state index contributed by atoms with van der Waals surface area (Å²) in [5.41, 5.74) is 3.97. The Balaban J connectivity index is 1.53. The van der Waals surface area contributed by atoms with Crippen LogP contribution < -0.4 is 5.56 Å². The average molecular weight is 493 g/mol. The molecule has 8 heteroatoms. The van der Waals surface area contributed by atoms with Gasteiger partial charge in [-0.1, -0.05) is 39.2 Å². The summed E-state index contributed by atoms with van der Waals surface area (Å²) in [5, 5.41) is 14.3. The number of benzene rings is 1. The van der Waals surface area contributed by atoms with Crippen molar-refractivity contribution in [2.24, 2.45) is 5.92 Å². The quantitative estimate of drug-likeness (QED) is 0.475. The maximum Gasteiger partial charge on any atom is 0.252 e. The number of nitrogens with zero attached hydrogens (tertiary/aromatic N) is 5. The van der Waals surface area contributed by atoms with E-state index in [1.807, 2.05) is 6.07 Å². The fourth-order valence-corrected chi connectivity index (χ4v) is 6.24. The molecule has 0 unspecified atom stereocenters. The smallest absolute Gasteiger partial charge is 0.252 e. The van der Waals surface area contributed by atoms with Crippen molar-refractivity contribution in [3.05, 3.63) is 51.1 Å². The van der Waals surface area contributed by atoms with Crippen molar-refractivity contribution in [1.82, 2.24) is 30.1 Å². The van der Waals surface area contributed by atoms with Crippen LogP contribution in [0.1, 0.15) is 93.4 Å². The Kier molecular flexibility index (Phi) is 7.53. The number of ether oxygens (including phenoxy) is 1. The topological polar surface area (TPSA) is 88.9 Å². The first-order valence-electron chi connectivity index (χ1n) is 13.7. The third kappa shape index (κ3) is 5.25. The van der Waals surface area contributed by atoms with Crippen LogP contribution in [0.3, 0.4) is 0 Å². The molecule has 1 saturated heterocycles. The Morgan fingerprint density at radius 2 is 1.92 bits per heavy atom. The van der Waals surface area contributed by atoms with E-state index in [-0.39, 0.29) is 23.6 Å². The third-order valence-corrected chi connectivity index (χ3v) is 7.95. The molecule has 2 fully saturated rings. The van der Waals surface area contributed by atoms with Gasteiger partial charge in [0.1, 0.15) is 0 Å². The fourth-order valence-electron chi connectivity index (χ4n) is 6.24. The number of tetrazole rings is 1. The van der Waals surface area contributed by atoms with E-state index in [0.717, 1.165) is 66.7 Å². The van der Waals surface area contributed by atoms with Gasteiger partial charge in [0.2, 0.25) is 0 Å². The summed E-state index contributed by atoms with van der Waals surface area (Å²) < 4.78 is 8.15. The van der Waals surface area contributed by atoms with Gasteiger partial charge in [-0.15, -0.1) is 5.10 Å². The van der Waals surface area contributed by atoms with Gasteiger partial charge in [-0.05, 0) is 79.1 Å². The molecule has 5 rings (SSSR count). The Bertz CT molecular complexity index is 1240. The number of H-pyrrole nitrogens is 1. The van der Waals surface area contributed by atoms with Gasteiger partial charge in [-0.25, -0.2) is 4.68 Å². The molecule has 3 aromatic rings. The molecule has 1 aliphatic carbocycles. The Labute approximate surface area is 213 Å². The highest BCUT2D eigenvalue weighted by atomic mass is 16.5. The largest absolute Gasteiger partial charge is 0.377 e. The summed E-state index contributed by atoms with van der Waals surface area (Å²) in [4.78, 5) is 18.8. The predicted molar refractivity (Wildman–Crippen MR) is 141 cm³/mol. The molecule has 1 aromatic carbocycles. The summed E-state index contributed by atoms with van der Waals surface area (Å²) in [5.74, 6) is 1.18. The van der Waals surface area contributed by atoms with Crippen LogP contribution in [0.4, 0.5) is 0 Å². The van der Waals surface area contributed by atoms with E-state index in [4.69, 9.17) is 4.74 Å². The number of hydrogen-bond acceptors (Lipinski definition) is 6. The lowest BCUT2D eigenvalue weighted by Crippen LogP contribution is -2.40. The number of hydrogen-bond donors (Lipinski definition) is 1. The van der Waals surface area contributed by atoms with Crippen LogP contribution in [0.25, 0.3) is 10.9 Å². The first kappa shape index (κ1) is 25.1. The number of nitrogens with one attached hydrogen (secondary N) is 1. The second-order valence-corrected chi connectivity index (χ2v) is 11.2. The van der Waals surface area contributed by atoms with Crippen LogP contribution in [0.2, 0.25) is 0 Å². The van der Waals surface area contributed by atoms with Crippen molar-refractivity contribution in [1.29, 1.82) is 0 Å². The molecular weight excluding hydrogens is 452 g/mol. The van der Waals surface area contributed by atoms with Gasteiger partial charge in [0.25, 0.3) is 5.56 Å². The highest BCUT2D eigenvalue weighted by Crippen LogP contribution is 2.34. The zero-order chi connectivity index (χ0) is 25.2. The molecule has 194 valence electrons. The monoisotopic (exact) mass is 492 g/mol. The van der Waals surface area contributed by atoms with Crippen LogP contribution in [0, 0.1) is 19.8 Å². The minimum atomic E-state index is -0.0285. The normalized spacial score (nSPS) is 20.1. The molecule has 2 aliphatic rings. The molecule has 1 saturated carbocycles. The molecular formula is C28H40N6O2. The summed E-state index contributed by atoms with van der Waals surface area (Å²) in [6, 6.07) is 6.63. The highest BCUT2D eigenvalue weighted by molar-refractivity contribution is 5.83. The Morgan fingerprint density at radius 3 is 2.64 bits per heavy atom. The maximum absolute atomic E-state index is 13.3. The molecule has 1 N–H and O–H groups in total. The van der Waals surface area contributed by atoms with Crippen LogP contribution in [-0.4, -0.2) is 49.3 Å². The van der Waals surface area contributed by atoms with Crippen molar-refractivity contribution in [2.45, 2.75) is 97.4 Å². The summed E-state index contributed by atoms with van der Waals surface area (Å²) in [6.07, 6.45) is 8.27. The van der Waals surface area contributed by atoms with E-state index >= 15 is 0 Å². The van der Waals surface area contributed by atoms with Gasteiger partial charge in [0.15, 0.2) is 5.82 Å². The molecule has 1 aliphatic heterocycles. The van der Waals surface area contributed by atoms with Crippen LogP contribution in [0.5, 0.6) is 0 Å². The van der Waals surface area contributed by atoms with Gasteiger partial charge in [-0.3, -0.25) is 9.69 Å². The van der Waals surface area contributed by atoms with Gasteiger partial charge in [0.05, 0.1) is 18.2 Å². The van der Waals surface area contributed by atoms with Crippen molar-refractivity contribution in [3.8, 4) is 0 Å². The van der Waals surface area contributed by atoms with Crippen molar-refractivity contribution in [2.75, 3.05) is 13.2 Å². The Hall–Kier alpha value is -2.58. The van der Waals surface area contributed by atoms with E-state index < -0.39 is 0 Å². The van der Waals surface area contributed by atoms with E-state index in [2.05, 4.69) is 69.9 Å². The SMILES string of the molecule is Cc1cc(C)c2cc(CN(C[C@@H]3CCCO3)[C@H](c3nnnn3C3CCCCC3)C(C)C)c(=O)[nH]c2c1. The maximum atomic E-state index is 13.3. The predicted octanol–water partition coefficient (Wildman–Crippen LogP) is 5.01. The first-order chi connectivity index (χ1) is 17.4. The molecule has 36 heavy (non-hydrogen) atoms. The zero-order valence-electron chi connectivity index (χ0n) is 22.2. The second kappa shape index (κ2) is 10.8. The number of aromatic nitrogens is 5. The van der Waals surface area contributed by atoms with E-state index in [1.54, 1.807) is 0 Å². The molecule has 8 nitrogen and oxygen atoms in total. The average Bonchev–Trinajstić information content (AvgIpc) is 3.53. The number of aryl methyl sites for hydroxylation is 2. The second-order valence-electron chi connectivity index (χ2n) is 11.2. The number of aromatic amines is 1. The lowest BCUT2D eigenvalue weighted by molar-refractivity contribution is 0.0375. The molecule has 0 bridgehead atoms. The van der Waals surface area contributed by atoms with E-state index in [9.17, 15) is 4.79 Å². The van der Waals surface area contributed by atoms with Crippen LogP contribution >= 0.6 is 0 Å². The lowest BCUT2D eigenvalue weighted by Gasteiger charge is -2.36. The lowest BCUT2D eigenvalue weighted by atomic mass is 9.94. The number of rotatable bonds is 8. The molecule has 2 aromatic heterocycles. The summed E-state index contributed by atoms with van der Waals surface area (Å²) >= 11 is 0. The highest BCUT2D eigenvalue weighted by Gasteiger charge is 2.34. The Morgan fingerprint density at radius 1 is 1.11 bits per heavy atom. The van der Waals surface area contributed by atoms with Crippen molar-refractivity contribution >= 4 is 10.9 Å². The standard InChI is InChI=1S/C28H40N6O2/c1-18(2)26(27-30-31-32-34(27)22-9-6-5-7-10-22)33(17-23-11-8-12-36-23)16-21-15-24-20(4)13-19(3)14-25(24)29-28(21)35/h13-15,18,22-23,26H,5-12,16-17H2,1-4H3,(H,29,35)/t23-,26-/m0/s1. The van der Waals surface area contributed by atoms with Gasteiger partial charge >= 0.3 is 0 Å². The van der Waals surface area contributed by atoms with Crippen molar-refractivity contribution < 1.29 is 4.74 Å². The van der Waals surface area contributed by atoms with Gasteiger partial charge < -0.3 is 9.72 Å². The first-order valence-corrected chi connectivity index (χ1v) is 13.7. The van der Waals surface area contributed by atoms with E-state index in [1.165, 1.54) is 24.8 Å².